The van der Waals surface area contributed by atoms with Gasteiger partial charge in [0.2, 0.25) is 0 Å². The van der Waals surface area contributed by atoms with Crippen LogP contribution in [0, 0.1) is 0 Å². The minimum atomic E-state index is 0.151. The van der Waals surface area contributed by atoms with Crippen molar-refractivity contribution >= 4 is 0 Å². The van der Waals surface area contributed by atoms with E-state index < -0.39 is 0 Å². The van der Waals surface area contributed by atoms with Gasteiger partial charge in [0.25, 0.3) is 0 Å². The number of hydrogen-bond donors (Lipinski definition) is 0. The fourth-order valence-corrected chi connectivity index (χ4v) is 2.34. The lowest BCUT2D eigenvalue weighted by Gasteiger charge is -2.33. The van der Waals surface area contributed by atoms with E-state index in [1.165, 1.54) is 11.5 Å². The average molecular weight is 221 g/mol. The van der Waals surface area contributed by atoms with Gasteiger partial charge in [-0.05, 0) is 13.8 Å². The molecule has 0 saturated heterocycles. The highest BCUT2D eigenvalue weighted by molar-refractivity contribution is 5.14. The number of imidazole rings is 1. The van der Waals surface area contributed by atoms with Gasteiger partial charge in [0.1, 0.15) is 5.82 Å². The monoisotopic (exact) mass is 221 g/mol. The molecule has 90 valence electrons. The minimum Gasteiger partial charge on any atom is -0.329 e. The van der Waals surface area contributed by atoms with E-state index in [4.69, 9.17) is 0 Å². The maximum atomic E-state index is 4.60. The van der Waals surface area contributed by atoms with E-state index in [0.717, 1.165) is 19.6 Å². The molecule has 16 heavy (non-hydrogen) atoms. The molecule has 0 spiro atoms. The Bertz CT molecular complexity index is 371. The van der Waals surface area contributed by atoms with Crippen LogP contribution in [0.3, 0.4) is 0 Å². The number of hydrogen-bond acceptors (Lipinski definition) is 2. The SMILES string of the molecule is CC(C)N1CCn2c(cnc2C(C)(C)C)C1. The second-order valence-electron chi connectivity index (χ2n) is 6.04. The fraction of sp³-hybridized carbons (Fsp3) is 0.769. The van der Waals surface area contributed by atoms with Gasteiger partial charge in [-0.2, -0.15) is 0 Å². The molecule has 2 rings (SSSR count). The molecule has 0 aromatic carbocycles. The smallest absolute Gasteiger partial charge is 0.114 e. The third-order valence-electron chi connectivity index (χ3n) is 3.32. The number of fused-ring (bicyclic) bond motifs is 1. The first-order chi connectivity index (χ1) is 7.39. The van der Waals surface area contributed by atoms with Crippen LogP contribution >= 0.6 is 0 Å². The van der Waals surface area contributed by atoms with Crippen LogP contribution < -0.4 is 0 Å². The van der Waals surface area contributed by atoms with Crippen molar-refractivity contribution in [3.05, 3.63) is 17.7 Å². The summed E-state index contributed by atoms with van der Waals surface area (Å²) in [6, 6.07) is 0.627. The van der Waals surface area contributed by atoms with Crippen molar-refractivity contribution in [2.24, 2.45) is 0 Å². The maximum absolute atomic E-state index is 4.60. The minimum absolute atomic E-state index is 0.151. The van der Waals surface area contributed by atoms with E-state index in [9.17, 15) is 0 Å². The predicted octanol–water partition coefficient (Wildman–Crippen LogP) is 2.40. The molecule has 0 bridgehead atoms. The van der Waals surface area contributed by atoms with Crippen molar-refractivity contribution in [3.8, 4) is 0 Å². The van der Waals surface area contributed by atoms with Crippen molar-refractivity contribution in [3.63, 3.8) is 0 Å². The van der Waals surface area contributed by atoms with Crippen molar-refractivity contribution in [1.82, 2.24) is 14.5 Å². The topological polar surface area (TPSA) is 21.1 Å². The lowest BCUT2D eigenvalue weighted by atomic mass is 9.95. The van der Waals surface area contributed by atoms with Crippen LogP contribution in [0.1, 0.15) is 46.1 Å². The quantitative estimate of drug-likeness (QED) is 0.726. The van der Waals surface area contributed by atoms with Gasteiger partial charge in [-0.25, -0.2) is 4.98 Å². The Labute approximate surface area is 98.5 Å². The molecule has 3 heteroatoms. The Morgan fingerprint density at radius 1 is 1.25 bits per heavy atom. The second-order valence-corrected chi connectivity index (χ2v) is 6.04. The molecule has 0 N–H and O–H groups in total. The van der Waals surface area contributed by atoms with E-state index in [1.54, 1.807) is 0 Å². The van der Waals surface area contributed by atoms with E-state index in [0.29, 0.717) is 6.04 Å². The summed E-state index contributed by atoms with van der Waals surface area (Å²) in [5.74, 6) is 1.23. The van der Waals surface area contributed by atoms with Crippen LogP contribution in [0.5, 0.6) is 0 Å². The summed E-state index contributed by atoms with van der Waals surface area (Å²) in [4.78, 5) is 7.10. The normalized spacial score (nSPS) is 17.9. The van der Waals surface area contributed by atoms with E-state index in [-0.39, 0.29) is 5.41 Å². The Balaban J connectivity index is 2.27. The Morgan fingerprint density at radius 3 is 2.50 bits per heavy atom. The average Bonchev–Trinajstić information content (AvgIpc) is 2.58. The van der Waals surface area contributed by atoms with Crippen molar-refractivity contribution in [2.75, 3.05) is 6.54 Å². The predicted molar refractivity (Wildman–Crippen MR) is 66.5 cm³/mol. The van der Waals surface area contributed by atoms with Gasteiger partial charge in [-0.1, -0.05) is 20.8 Å². The van der Waals surface area contributed by atoms with Gasteiger partial charge in [0.05, 0.1) is 5.69 Å². The molecule has 0 atom stereocenters. The molecule has 0 aliphatic carbocycles. The van der Waals surface area contributed by atoms with E-state index >= 15 is 0 Å². The van der Waals surface area contributed by atoms with Crippen molar-refractivity contribution in [1.29, 1.82) is 0 Å². The zero-order valence-corrected chi connectivity index (χ0v) is 11.1. The molecular weight excluding hydrogens is 198 g/mol. The Morgan fingerprint density at radius 2 is 1.94 bits per heavy atom. The largest absolute Gasteiger partial charge is 0.329 e. The highest BCUT2D eigenvalue weighted by Gasteiger charge is 2.26. The molecule has 1 aliphatic heterocycles. The van der Waals surface area contributed by atoms with Gasteiger partial charge in [-0.3, -0.25) is 4.90 Å². The zero-order valence-electron chi connectivity index (χ0n) is 11.1. The number of nitrogens with zero attached hydrogens (tertiary/aromatic N) is 3. The maximum Gasteiger partial charge on any atom is 0.114 e. The molecule has 0 radical (unpaired) electrons. The van der Waals surface area contributed by atoms with Crippen molar-refractivity contribution in [2.45, 2.75) is 59.2 Å². The standard InChI is InChI=1S/C13H23N3/c1-10(2)15-6-7-16-11(9-15)8-14-12(16)13(3,4)5/h8,10H,6-7,9H2,1-5H3. The molecule has 1 aliphatic rings. The highest BCUT2D eigenvalue weighted by atomic mass is 15.2. The van der Waals surface area contributed by atoms with Crippen LogP contribution in [0.4, 0.5) is 0 Å². The molecule has 0 amide bonds. The molecule has 3 nitrogen and oxygen atoms in total. The fourth-order valence-electron chi connectivity index (χ4n) is 2.34. The number of rotatable bonds is 1. The molecule has 0 unspecified atom stereocenters. The van der Waals surface area contributed by atoms with Crippen molar-refractivity contribution < 1.29 is 0 Å². The molecular formula is C13H23N3. The molecule has 1 aromatic rings. The molecule has 1 aromatic heterocycles. The van der Waals surface area contributed by atoms with Crippen LogP contribution in [0.15, 0.2) is 6.20 Å². The third kappa shape index (κ3) is 2.01. The zero-order chi connectivity index (χ0) is 11.9. The molecule has 2 heterocycles. The first kappa shape index (κ1) is 11.6. The van der Waals surface area contributed by atoms with Crippen LogP contribution in [0.2, 0.25) is 0 Å². The summed E-state index contributed by atoms with van der Waals surface area (Å²) in [6.45, 7) is 14.5. The van der Waals surface area contributed by atoms with Crippen LogP contribution in [0.25, 0.3) is 0 Å². The lowest BCUT2D eigenvalue weighted by molar-refractivity contribution is 0.174. The van der Waals surface area contributed by atoms with Crippen LogP contribution in [-0.2, 0) is 18.5 Å². The Hall–Kier alpha value is -0.830. The lowest BCUT2D eigenvalue weighted by Crippen LogP contribution is -2.39. The summed E-state index contributed by atoms with van der Waals surface area (Å²) in [5, 5.41) is 0. The number of aromatic nitrogens is 2. The summed E-state index contributed by atoms with van der Waals surface area (Å²) in [6.07, 6.45) is 2.05. The first-order valence-electron chi connectivity index (χ1n) is 6.18. The summed E-state index contributed by atoms with van der Waals surface area (Å²) >= 11 is 0. The summed E-state index contributed by atoms with van der Waals surface area (Å²) < 4.78 is 2.40. The first-order valence-corrected chi connectivity index (χ1v) is 6.18. The van der Waals surface area contributed by atoms with E-state index in [2.05, 4.69) is 55.3 Å². The molecule has 0 saturated carbocycles. The third-order valence-corrected chi connectivity index (χ3v) is 3.32. The van der Waals surface area contributed by atoms with E-state index in [1.807, 2.05) is 0 Å². The van der Waals surface area contributed by atoms with Gasteiger partial charge in [0.15, 0.2) is 0 Å². The van der Waals surface area contributed by atoms with Crippen LogP contribution in [-0.4, -0.2) is 27.0 Å². The van der Waals surface area contributed by atoms with Gasteiger partial charge < -0.3 is 4.57 Å². The van der Waals surface area contributed by atoms with Gasteiger partial charge >= 0.3 is 0 Å². The Kier molecular flexibility index (Phi) is 2.82. The summed E-state index contributed by atoms with van der Waals surface area (Å²) in [5.41, 5.74) is 1.52. The molecule has 0 fully saturated rings. The summed E-state index contributed by atoms with van der Waals surface area (Å²) in [7, 11) is 0. The van der Waals surface area contributed by atoms with Gasteiger partial charge in [-0.15, -0.1) is 0 Å². The highest BCUT2D eigenvalue weighted by Crippen LogP contribution is 2.25. The second kappa shape index (κ2) is 3.88. The van der Waals surface area contributed by atoms with Gasteiger partial charge in [0, 0.05) is 37.3 Å².